The van der Waals surface area contributed by atoms with Crippen LogP contribution in [-0.4, -0.2) is 51.6 Å². The average molecular weight is 420 g/mol. The SMILES string of the molecule is CON(C)S(=O)(=O)c1cccc(C(=O)O[C@@H](C)C(=O)NCCc2ccccc2)c1. The van der Waals surface area contributed by atoms with E-state index in [-0.39, 0.29) is 10.5 Å². The van der Waals surface area contributed by atoms with Crippen molar-refractivity contribution in [3.8, 4) is 0 Å². The number of nitrogens with one attached hydrogen (secondary N) is 1. The Bertz CT molecular complexity index is 946. The van der Waals surface area contributed by atoms with Crippen molar-refractivity contribution in [3.05, 3.63) is 65.7 Å². The van der Waals surface area contributed by atoms with Crippen LogP contribution in [0.2, 0.25) is 0 Å². The Morgan fingerprint density at radius 2 is 1.79 bits per heavy atom. The molecular formula is C20H24N2O6S. The second kappa shape index (κ2) is 10.1. The summed E-state index contributed by atoms with van der Waals surface area (Å²) in [7, 11) is -1.45. The number of hydrogen-bond acceptors (Lipinski definition) is 6. The predicted molar refractivity (Wildman–Crippen MR) is 106 cm³/mol. The van der Waals surface area contributed by atoms with Gasteiger partial charge in [0.25, 0.3) is 15.9 Å². The fraction of sp³-hybridized carbons (Fsp3) is 0.300. The molecule has 9 heteroatoms. The molecule has 156 valence electrons. The number of hydrogen-bond donors (Lipinski definition) is 1. The van der Waals surface area contributed by atoms with E-state index in [1.807, 2.05) is 30.3 Å². The van der Waals surface area contributed by atoms with Gasteiger partial charge in [0.2, 0.25) is 0 Å². The van der Waals surface area contributed by atoms with Gasteiger partial charge >= 0.3 is 5.97 Å². The molecule has 0 heterocycles. The van der Waals surface area contributed by atoms with E-state index in [1.54, 1.807) is 0 Å². The third kappa shape index (κ3) is 6.11. The second-order valence-corrected chi connectivity index (χ2v) is 8.14. The van der Waals surface area contributed by atoms with Gasteiger partial charge in [0.15, 0.2) is 6.10 Å². The lowest BCUT2D eigenvalue weighted by Gasteiger charge is -2.16. The van der Waals surface area contributed by atoms with Crippen molar-refractivity contribution < 1.29 is 27.6 Å². The first-order chi connectivity index (χ1) is 13.8. The molecule has 0 bridgehead atoms. The molecule has 1 atom stereocenters. The quantitative estimate of drug-likeness (QED) is 0.490. The third-order valence-corrected chi connectivity index (χ3v) is 5.85. The van der Waals surface area contributed by atoms with Gasteiger partial charge < -0.3 is 10.1 Å². The van der Waals surface area contributed by atoms with Gasteiger partial charge in [-0.05, 0) is 37.1 Å². The molecule has 0 radical (unpaired) electrons. The lowest BCUT2D eigenvalue weighted by atomic mass is 10.1. The first-order valence-electron chi connectivity index (χ1n) is 8.91. The van der Waals surface area contributed by atoms with E-state index in [4.69, 9.17) is 9.57 Å². The van der Waals surface area contributed by atoms with Crippen LogP contribution in [0.1, 0.15) is 22.8 Å². The smallest absolute Gasteiger partial charge is 0.338 e. The number of amides is 1. The van der Waals surface area contributed by atoms with Gasteiger partial charge in [0, 0.05) is 13.6 Å². The molecule has 8 nitrogen and oxygen atoms in total. The first-order valence-corrected chi connectivity index (χ1v) is 10.4. The summed E-state index contributed by atoms with van der Waals surface area (Å²) in [5.41, 5.74) is 1.09. The molecule has 29 heavy (non-hydrogen) atoms. The van der Waals surface area contributed by atoms with Crippen molar-refractivity contribution in [1.82, 2.24) is 9.79 Å². The van der Waals surface area contributed by atoms with E-state index < -0.39 is 28.0 Å². The molecule has 2 aromatic rings. The molecule has 2 aromatic carbocycles. The van der Waals surface area contributed by atoms with Crippen molar-refractivity contribution in [2.24, 2.45) is 0 Å². The van der Waals surface area contributed by atoms with Crippen LogP contribution in [0.4, 0.5) is 0 Å². The van der Waals surface area contributed by atoms with Gasteiger partial charge in [-0.2, -0.15) is 0 Å². The Balaban J connectivity index is 1.95. The fourth-order valence-electron chi connectivity index (χ4n) is 2.43. The Morgan fingerprint density at radius 1 is 1.10 bits per heavy atom. The molecule has 1 amide bonds. The van der Waals surface area contributed by atoms with E-state index in [0.29, 0.717) is 17.4 Å². The zero-order valence-electron chi connectivity index (χ0n) is 16.5. The summed E-state index contributed by atoms with van der Waals surface area (Å²) >= 11 is 0. The Morgan fingerprint density at radius 3 is 2.45 bits per heavy atom. The van der Waals surface area contributed by atoms with E-state index >= 15 is 0 Å². The topological polar surface area (TPSA) is 102 Å². The lowest BCUT2D eigenvalue weighted by molar-refractivity contribution is -0.129. The van der Waals surface area contributed by atoms with Crippen LogP contribution in [-0.2, 0) is 30.8 Å². The van der Waals surface area contributed by atoms with Crippen LogP contribution < -0.4 is 5.32 Å². The van der Waals surface area contributed by atoms with Crippen molar-refractivity contribution in [1.29, 1.82) is 0 Å². The molecule has 0 unspecified atom stereocenters. The van der Waals surface area contributed by atoms with Crippen LogP contribution in [0.5, 0.6) is 0 Å². The number of hydroxylamine groups is 1. The Kier molecular flexibility index (Phi) is 7.89. The van der Waals surface area contributed by atoms with Gasteiger partial charge in [0.1, 0.15) is 0 Å². The Hall–Kier alpha value is -2.75. The minimum absolute atomic E-state index is 0.0134. The van der Waals surface area contributed by atoms with Crippen LogP contribution in [0.3, 0.4) is 0 Å². The highest BCUT2D eigenvalue weighted by molar-refractivity contribution is 7.89. The molecule has 2 rings (SSSR count). The van der Waals surface area contributed by atoms with Crippen molar-refractivity contribution in [3.63, 3.8) is 0 Å². The van der Waals surface area contributed by atoms with E-state index in [0.717, 1.165) is 5.56 Å². The van der Waals surface area contributed by atoms with Gasteiger partial charge in [-0.3, -0.25) is 9.63 Å². The van der Waals surface area contributed by atoms with Gasteiger partial charge in [-0.25, -0.2) is 13.2 Å². The summed E-state index contributed by atoms with van der Waals surface area (Å²) < 4.78 is 30.4. The Labute approximate surface area is 170 Å². The van der Waals surface area contributed by atoms with Gasteiger partial charge in [-0.1, -0.05) is 40.9 Å². The molecule has 0 aromatic heterocycles. The number of esters is 1. The monoisotopic (exact) mass is 420 g/mol. The number of carbonyl (C=O) groups is 2. The minimum Gasteiger partial charge on any atom is -0.449 e. The van der Waals surface area contributed by atoms with Crippen LogP contribution in [0, 0.1) is 0 Å². The summed E-state index contributed by atoms with van der Waals surface area (Å²) in [6.07, 6.45) is -0.375. The summed E-state index contributed by atoms with van der Waals surface area (Å²) in [5, 5.41) is 2.71. The lowest BCUT2D eigenvalue weighted by Crippen LogP contribution is -2.37. The minimum atomic E-state index is -3.90. The third-order valence-electron chi connectivity index (χ3n) is 4.17. The maximum Gasteiger partial charge on any atom is 0.338 e. The molecule has 0 saturated heterocycles. The normalized spacial score (nSPS) is 12.4. The molecule has 1 N–H and O–H groups in total. The maximum absolute atomic E-state index is 12.3. The second-order valence-electron chi connectivity index (χ2n) is 6.20. The highest BCUT2D eigenvalue weighted by Crippen LogP contribution is 2.17. The van der Waals surface area contributed by atoms with Crippen molar-refractivity contribution in [2.45, 2.75) is 24.3 Å². The molecule has 0 spiro atoms. The zero-order valence-corrected chi connectivity index (χ0v) is 17.3. The highest BCUT2D eigenvalue weighted by Gasteiger charge is 2.23. The number of benzene rings is 2. The zero-order chi connectivity index (χ0) is 21.4. The maximum atomic E-state index is 12.3. The number of carbonyl (C=O) groups excluding carboxylic acids is 2. The van der Waals surface area contributed by atoms with Gasteiger partial charge in [0.05, 0.1) is 17.6 Å². The largest absolute Gasteiger partial charge is 0.449 e. The summed E-state index contributed by atoms with van der Waals surface area (Å²) in [6, 6.07) is 15.0. The van der Waals surface area contributed by atoms with Crippen LogP contribution >= 0.6 is 0 Å². The summed E-state index contributed by atoms with van der Waals surface area (Å²) in [5.74, 6) is -1.23. The molecular weight excluding hydrogens is 396 g/mol. The molecule has 0 fully saturated rings. The number of ether oxygens (including phenoxy) is 1. The molecule has 0 aliphatic carbocycles. The standard InChI is InChI=1S/C20H24N2O6S/c1-15(19(23)21-13-12-16-8-5-4-6-9-16)28-20(24)17-10-7-11-18(14-17)29(25,26)22(2)27-3/h4-11,14-15H,12-13H2,1-3H3,(H,21,23)/t15-/m0/s1. The predicted octanol–water partition coefficient (Wildman–Crippen LogP) is 1.77. The average Bonchev–Trinajstić information content (AvgIpc) is 2.73. The molecule has 0 saturated carbocycles. The number of sulfonamides is 1. The summed E-state index contributed by atoms with van der Waals surface area (Å²) in [6.45, 7) is 1.86. The van der Waals surface area contributed by atoms with Crippen molar-refractivity contribution in [2.75, 3.05) is 20.7 Å². The number of rotatable bonds is 9. The van der Waals surface area contributed by atoms with E-state index in [2.05, 4.69) is 5.32 Å². The van der Waals surface area contributed by atoms with Gasteiger partial charge in [-0.15, -0.1) is 0 Å². The van der Waals surface area contributed by atoms with Crippen LogP contribution in [0.15, 0.2) is 59.5 Å². The van der Waals surface area contributed by atoms with E-state index in [9.17, 15) is 18.0 Å². The number of nitrogens with zero attached hydrogens (tertiary/aromatic N) is 1. The first kappa shape index (κ1) is 22.5. The molecule has 0 aliphatic heterocycles. The van der Waals surface area contributed by atoms with E-state index in [1.165, 1.54) is 45.3 Å². The van der Waals surface area contributed by atoms with Crippen LogP contribution in [0.25, 0.3) is 0 Å². The summed E-state index contributed by atoms with van der Waals surface area (Å²) in [4.78, 5) is 29.1. The fourth-order valence-corrected chi connectivity index (χ4v) is 3.45. The molecule has 0 aliphatic rings. The van der Waals surface area contributed by atoms with Crippen molar-refractivity contribution >= 4 is 21.9 Å². The highest BCUT2D eigenvalue weighted by atomic mass is 32.2.